The average molecular weight is 374 g/mol. The number of aliphatic hydroxyl groups is 2. The molecular formula is C24H22O4. The van der Waals surface area contributed by atoms with Crippen molar-refractivity contribution in [1.29, 1.82) is 0 Å². The third-order valence-corrected chi connectivity index (χ3v) is 4.32. The second-order valence-electron chi connectivity index (χ2n) is 6.37. The highest BCUT2D eigenvalue weighted by molar-refractivity contribution is 5.94. The Hall–Kier alpha value is -3.22. The van der Waals surface area contributed by atoms with Crippen molar-refractivity contribution in [3.8, 4) is 11.8 Å². The quantitative estimate of drug-likeness (QED) is 0.456. The molecule has 2 atom stereocenters. The van der Waals surface area contributed by atoms with Crippen molar-refractivity contribution in [3.63, 3.8) is 0 Å². The van der Waals surface area contributed by atoms with Crippen LogP contribution in [0.1, 0.15) is 64.3 Å². The average Bonchev–Trinajstić information content (AvgIpc) is 2.70. The van der Waals surface area contributed by atoms with Gasteiger partial charge in [-0.25, -0.2) is 0 Å². The molecule has 0 radical (unpaired) electrons. The van der Waals surface area contributed by atoms with Gasteiger partial charge in [0.1, 0.15) is 6.10 Å². The molecule has 0 heterocycles. The van der Waals surface area contributed by atoms with Gasteiger partial charge in [-0.3, -0.25) is 9.59 Å². The fourth-order valence-corrected chi connectivity index (χ4v) is 2.58. The van der Waals surface area contributed by atoms with Crippen LogP contribution in [-0.4, -0.2) is 21.8 Å². The molecule has 4 nitrogen and oxygen atoms in total. The van der Waals surface area contributed by atoms with Crippen LogP contribution in [0.25, 0.3) is 0 Å². The number of aliphatic hydroxyl groups excluding tert-OH is 2. The van der Waals surface area contributed by atoms with Gasteiger partial charge in [-0.2, -0.15) is 0 Å². The summed E-state index contributed by atoms with van der Waals surface area (Å²) in [6.45, 7) is 6.52. The van der Waals surface area contributed by atoms with E-state index < -0.39 is 12.2 Å². The smallest absolute Gasteiger partial charge is 0.159 e. The van der Waals surface area contributed by atoms with Gasteiger partial charge in [0.15, 0.2) is 11.6 Å². The monoisotopic (exact) mass is 374 g/mol. The van der Waals surface area contributed by atoms with Gasteiger partial charge in [-0.05, 0) is 25.0 Å². The van der Waals surface area contributed by atoms with Crippen LogP contribution in [0.15, 0.2) is 66.4 Å². The predicted molar refractivity (Wildman–Crippen MR) is 108 cm³/mol. The first kappa shape index (κ1) is 21.1. The summed E-state index contributed by atoms with van der Waals surface area (Å²) in [5, 5.41) is 20.7. The van der Waals surface area contributed by atoms with Crippen LogP contribution in [-0.2, 0) is 0 Å². The van der Waals surface area contributed by atoms with Gasteiger partial charge in [-0.15, -0.1) is 5.73 Å². The van der Waals surface area contributed by atoms with Crippen molar-refractivity contribution in [2.24, 2.45) is 0 Å². The lowest BCUT2D eigenvalue weighted by Crippen LogP contribution is -2.01. The van der Waals surface area contributed by atoms with E-state index in [0.29, 0.717) is 22.3 Å². The van der Waals surface area contributed by atoms with Crippen LogP contribution in [0.2, 0.25) is 0 Å². The van der Waals surface area contributed by atoms with Crippen molar-refractivity contribution in [1.82, 2.24) is 0 Å². The van der Waals surface area contributed by atoms with Crippen LogP contribution in [0.3, 0.4) is 0 Å². The molecule has 2 aromatic carbocycles. The van der Waals surface area contributed by atoms with Gasteiger partial charge in [0.2, 0.25) is 0 Å². The largest absolute Gasteiger partial charge is 0.387 e. The van der Waals surface area contributed by atoms with E-state index in [2.05, 4.69) is 24.2 Å². The lowest BCUT2D eigenvalue weighted by atomic mass is 9.99. The van der Waals surface area contributed by atoms with Gasteiger partial charge >= 0.3 is 0 Å². The summed E-state index contributed by atoms with van der Waals surface area (Å²) in [5.41, 5.74) is 5.29. The number of ketones is 2. The molecule has 0 aliphatic carbocycles. The summed E-state index contributed by atoms with van der Waals surface area (Å²) in [4.78, 5) is 22.6. The van der Waals surface area contributed by atoms with Crippen molar-refractivity contribution < 1.29 is 19.8 Å². The molecule has 0 fully saturated rings. The molecule has 0 bridgehead atoms. The lowest BCUT2D eigenvalue weighted by Gasteiger charge is -2.10. The Balaban J connectivity index is 2.06. The Morgan fingerprint density at radius 2 is 1.36 bits per heavy atom. The minimum Gasteiger partial charge on any atom is -0.387 e. The van der Waals surface area contributed by atoms with Gasteiger partial charge in [0.25, 0.3) is 0 Å². The highest BCUT2D eigenvalue weighted by Crippen LogP contribution is 2.22. The highest BCUT2D eigenvalue weighted by atomic mass is 16.3. The highest BCUT2D eigenvalue weighted by Gasteiger charge is 2.12. The van der Waals surface area contributed by atoms with E-state index in [1.54, 1.807) is 48.5 Å². The maximum atomic E-state index is 11.3. The molecule has 0 amide bonds. The Labute approximate surface area is 164 Å². The molecule has 28 heavy (non-hydrogen) atoms. The van der Waals surface area contributed by atoms with E-state index in [0.717, 1.165) is 0 Å². The van der Waals surface area contributed by atoms with Gasteiger partial charge in [-0.1, -0.05) is 67.0 Å². The number of carbonyl (C=O) groups excluding carboxylic acids is 2. The summed E-state index contributed by atoms with van der Waals surface area (Å²) in [6, 6.07) is 13.3. The Bertz CT molecular complexity index is 966. The first-order chi connectivity index (χ1) is 13.3. The molecule has 2 unspecified atom stereocenters. The van der Waals surface area contributed by atoms with E-state index in [1.807, 2.05) is 0 Å². The van der Waals surface area contributed by atoms with E-state index >= 15 is 0 Å². The van der Waals surface area contributed by atoms with Crippen LogP contribution >= 0.6 is 0 Å². The summed E-state index contributed by atoms with van der Waals surface area (Å²) < 4.78 is 0. The van der Waals surface area contributed by atoms with Crippen molar-refractivity contribution >= 4 is 11.6 Å². The third kappa shape index (κ3) is 5.39. The minimum absolute atomic E-state index is 0.0353. The predicted octanol–water partition coefficient (Wildman–Crippen LogP) is 3.96. The minimum atomic E-state index is -1.02. The van der Waals surface area contributed by atoms with Gasteiger partial charge < -0.3 is 10.2 Å². The summed E-state index contributed by atoms with van der Waals surface area (Å²) in [6.07, 6.45) is -1.68. The zero-order valence-corrected chi connectivity index (χ0v) is 15.9. The van der Waals surface area contributed by atoms with Crippen molar-refractivity contribution in [2.75, 3.05) is 0 Å². The Morgan fingerprint density at radius 1 is 0.893 bits per heavy atom. The SMILES string of the molecule is C=C=C(C#CCC(O)c1ccc(C(C)=O)cc1)C(O)c1ccc(C(C)=O)cc1. The second kappa shape index (κ2) is 9.64. The van der Waals surface area contributed by atoms with Gasteiger partial charge in [0, 0.05) is 17.5 Å². The fourth-order valence-electron chi connectivity index (χ4n) is 2.58. The van der Waals surface area contributed by atoms with Crippen LogP contribution in [0, 0.1) is 11.8 Å². The normalized spacial score (nSPS) is 12.1. The van der Waals surface area contributed by atoms with Crippen LogP contribution < -0.4 is 0 Å². The lowest BCUT2D eigenvalue weighted by molar-refractivity contribution is 0.100. The Kier molecular flexibility index (Phi) is 7.26. The molecule has 0 spiro atoms. The maximum absolute atomic E-state index is 11.3. The van der Waals surface area contributed by atoms with Crippen molar-refractivity contribution in [2.45, 2.75) is 32.5 Å². The fraction of sp³-hybridized carbons (Fsp3) is 0.208. The number of hydrogen-bond donors (Lipinski definition) is 2. The molecule has 2 N–H and O–H groups in total. The molecule has 142 valence electrons. The molecule has 0 aliphatic heterocycles. The summed E-state index contributed by atoms with van der Waals surface area (Å²) in [7, 11) is 0. The summed E-state index contributed by atoms with van der Waals surface area (Å²) in [5.74, 6) is 5.54. The topological polar surface area (TPSA) is 74.6 Å². The molecule has 4 heteroatoms. The second-order valence-corrected chi connectivity index (χ2v) is 6.37. The molecule has 2 aromatic rings. The summed E-state index contributed by atoms with van der Waals surface area (Å²) >= 11 is 0. The zero-order valence-electron chi connectivity index (χ0n) is 15.9. The first-order valence-electron chi connectivity index (χ1n) is 8.80. The maximum Gasteiger partial charge on any atom is 0.159 e. The molecule has 0 aromatic heterocycles. The standard InChI is InChI=1S/C24H22O4/c1-4-18(24(28)22-14-10-20(11-15-22)17(3)26)6-5-7-23(27)21-12-8-19(9-13-21)16(2)25/h8-15,23-24,27-28H,1,7H2,2-3H3. The van der Waals surface area contributed by atoms with E-state index in [9.17, 15) is 19.8 Å². The van der Waals surface area contributed by atoms with Crippen LogP contribution in [0.5, 0.6) is 0 Å². The number of carbonyl (C=O) groups is 2. The van der Waals surface area contributed by atoms with Gasteiger partial charge in [0.05, 0.1) is 11.7 Å². The third-order valence-electron chi connectivity index (χ3n) is 4.32. The van der Waals surface area contributed by atoms with E-state index in [4.69, 9.17) is 0 Å². The Morgan fingerprint density at radius 3 is 1.79 bits per heavy atom. The zero-order chi connectivity index (χ0) is 20.7. The molecular weight excluding hydrogens is 352 g/mol. The molecule has 2 rings (SSSR count). The van der Waals surface area contributed by atoms with E-state index in [-0.39, 0.29) is 23.6 Å². The van der Waals surface area contributed by atoms with Crippen LogP contribution in [0.4, 0.5) is 0 Å². The number of benzene rings is 2. The number of Topliss-reactive ketones (excluding diaryl/α,β-unsaturated/α-hetero) is 2. The molecule has 0 saturated carbocycles. The number of rotatable bonds is 6. The van der Waals surface area contributed by atoms with Crippen molar-refractivity contribution in [3.05, 3.63) is 88.7 Å². The molecule has 0 saturated heterocycles. The number of hydrogen-bond acceptors (Lipinski definition) is 4. The molecule has 0 aliphatic rings. The van der Waals surface area contributed by atoms with E-state index in [1.165, 1.54) is 13.8 Å². The first-order valence-corrected chi connectivity index (χ1v) is 8.80.